The first-order chi connectivity index (χ1) is 11.0. The van der Waals surface area contributed by atoms with E-state index in [-0.39, 0.29) is 11.7 Å². The van der Waals surface area contributed by atoms with E-state index < -0.39 is 0 Å². The Hall–Kier alpha value is -2.54. The molecule has 0 aliphatic heterocycles. The van der Waals surface area contributed by atoms with Crippen molar-refractivity contribution in [2.45, 2.75) is 6.42 Å². The minimum Gasteiger partial charge on any atom is -0.354 e. The van der Waals surface area contributed by atoms with Crippen molar-refractivity contribution in [1.82, 2.24) is 14.9 Å². The highest BCUT2D eigenvalue weighted by molar-refractivity contribution is 6.03. The van der Waals surface area contributed by atoms with Gasteiger partial charge in [0.25, 0.3) is 5.91 Å². The van der Waals surface area contributed by atoms with Gasteiger partial charge in [-0.1, -0.05) is 0 Å². The number of nitrogens with one attached hydrogen (secondary N) is 2. The minimum absolute atomic E-state index is 0.337. The SMILES string of the molecule is CN(C)CCCNc1ncc(C(=O)Nc2ccc(F)cc2)cn1. The van der Waals surface area contributed by atoms with Gasteiger partial charge in [-0.3, -0.25) is 4.79 Å². The van der Waals surface area contributed by atoms with Crippen LogP contribution in [0, 0.1) is 5.82 Å². The molecule has 6 nitrogen and oxygen atoms in total. The van der Waals surface area contributed by atoms with Crippen molar-refractivity contribution in [3.8, 4) is 0 Å². The summed E-state index contributed by atoms with van der Waals surface area (Å²) in [7, 11) is 4.04. The maximum absolute atomic E-state index is 12.8. The van der Waals surface area contributed by atoms with E-state index in [4.69, 9.17) is 0 Å². The fraction of sp³-hybridized carbons (Fsp3) is 0.312. The van der Waals surface area contributed by atoms with Crippen LogP contribution < -0.4 is 10.6 Å². The molecule has 1 aromatic carbocycles. The van der Waals surface area contributed by atoms with Crippen LogP contribution in [0.4, 0.5) is 16.0 Å². The molecule has 0 saturated carbocycles. The molecule has 122 valence electrons. The molecule has 23 heavy (non-hydrogen) atoms. The standard InChI is InChI=1S/C16H20FN5O/c1-22(2)9-3-8-18-16-19-10-12(11-20-16)15(23)21-14-6-4-13(17)5-7-14/h4-7,10-11H,3,8-9H2,1-2H3,(H,21,23)(H,18,19,20). The number of amides is 1. The van der Waals surface area contributed by atoms with Gasteiger partial charge in [-0.25, -0.2) is 14.4 Å². The topological polar surface area (TPSA) is 70.2 Å². The van der Waals surface area contributed by atoms with Gasteiger partial charge in [0.1, 0.15) is 5.82 Å². The van der Waals surface area contributed by atoms with Gasteiger partial charge in [0.15, 0.2) is 0 Å². The molecule has 0 aliphatic carbocycles. The first-order valence-electron chi connectivity index (χ1n) is 7.32. The second-order valence-electron chi connectivity index (χ2n) is 5.34. The van der Waals surface area contributed by atoms with Gasteiger partial charge < -0.3 is 15.5 Å². The number of anilines is 2. The van der Waals surface area contributed by atoms with Crippen molar-refractivity contribution < 1.29 is 9.18 Å². The Morgan fingerprint density at radius 2 is 1.83 bits per heavy atom. The number of hydrogen-bond acceptors (Lipinski definition) is 5. The Balaban J connectivity index is 1.86. The van der Waals surface area contributed by atoms with Crippen LogP contribution in [0.25, 0.3) is 0 Å². The fourth-order valence-electron chi connectivity index (χ4n) is 1.87. The second-order valence-corrected chi connectivity index (χ2v) is 5.34. The van der Waals surface area contributed by atoms with Gasteiger partial charge in [-0.05, 0) is 51.3 Å². The fourth-order valence-corrected chi connectivity index (χ4v) is 1.87. The Labute approximate surface area is 134 Å². The normalized spacial score (nSPS) is 10.6. The second kappa shape index (κ2) is 8.19. The molecule has 2 N–H and O–H groups in total. The number of benzene rings is 1. The monoisotopic (exact) mass is 317 g/mol. The molecule has 0 radical (unpaired) electrons. The molecule has 2 rings (SSSR count). The highest BCUT2D eigenvalue weighted by Gasteiger charge is 2.07. The summed E-state index contributed by atoms with van der Waals surface area (Å²) in [5, 5.41) is 5.76. The molecule has 0 aliphatic rings. The van der Waals surface area contributed by atoms with E-state index in [2.05, 4.69) is 25.5 Å². The van der Waals surface area contributed by atoms with E-state index in [1.54, 1.807) is 0 Å². The van der Waals surface area contributed by atoms with Gasteiger partial charge in [0, 0.05) is 24.6 Å². The molecular formula is C16H20FN5O. The summed E-state index contributed by atoms with van der Waals surface area (Å²) < 4.78 is 12.8. The summed E-state index contributed by atoms with van der Waals surface area (Å²) in [4.78, 5) is 22.4. The maximum Gasteiger partial charge on any atom is 0.258 e. The Bertz CT molecular complexity index is 628. The third-order valence-corrected chi connectivity index (χ3v) is 3.08. The van der Waals surface area contributed by atoms with Crippen LogP contribution in [0.3, 0.4) is 0 Å². The zero-order valence-electron chi connectivity index (χ0n) is 13.2. The van der Waals surface area contributed by atoms with Crippen LogP contribution in [0.5, 0.6) is 0 Å². The summed E-state index contributed by atoms with van der Waals surface area (Å²) in [5.41, 5.74) is 0.857. The molecule has 0 atom stereocenters. The van der Waals surface area contributed by atoms with Crippen LogP contribution in [0.1, 0.15) is 16.8 Å². The van der Waals surface area contributed by atoms with Crippen LogP contribution >= 0.6 is 0 Å². The predicted octanol–water partition coefficient (Wildman–Crippen LogP) is 2.23. The Morgan fingerprint density at radius 1 is 1.17 bits per heavy atom. The molecular weight excluding hydrogens is 297 g/mol. The highest BCUT2D eigenvalue weighted by atomic mass is 19.1. The minimum atomic E-state index is -0.351. The van der Waals surface area contributed by atoms with E-state index in [9.17, 15) is 9.18 Å². The average Bonchev–Trinajstić information content (AvgIpc) is 2.54. The van der Waals surface area contributed by atoms with Gasteiger partial charge >= 0.3 is 0 Å². The third-order valence-electron chi connectivity index (χ3n) is 3.08. The number of hydrogen-bond donors (Lipinski definition) is 2. The van der Waals surface area contributed by atoms with E-state index in [1.807, 2.05) is 14.1 Å². The summed E-state index contributed by atoms with van der Waals surface area (Å²) in [6.07, 6.45) is 3.89. The van der Waals surface area contributed by atoms with Crippen molar-refractivity contribution in [1.29, 1.82) is 0 Å². The Kier molecular flexibility index (Phi) is 5.99. The molecule has 1 heterocycles. The van der Waals surface area contributed by atoms with Crippen molar-refractivity contribution in [3.63, 3.8) is 0 Å². The molecule has 0 saturated heterocycles. The number of rotatable bonds is 7. The summed E-state index contributed by atoms with van der Waals surface area (Å²) in [5.74, 6) is -0.200. The molecule has 2 aromatic rings. The highest BCUT2D eigenvalue weighted by Crippen LogP contribution is 2.10. The van der Waals surface area contributed by atoms with Gasteiger partial charge in [-0.15, -0.1) is 0 Å². The Morgan fingerprint density at radius 3 is 2.43 bits per heavy atom. The summed E-state index contributed by atoms with van der Waals surface area (Å²) in [6.45, 7) is 1.74. The van der Waals surface area contributed by atoms with Crippen molar-refractivity contribution >= 4 is 17.5 Å². The van der Waals surface area contributed by atoms with Crippen molar-refractivity contribution in [3.05, 3.63) is 48.0 Å². The predicted molar refractivity (Wildman–Crippen MR) is 88.0 cm³/mol. The molecule has 1 amide bonds. The third kappa shape index (κ3) is 5.63. The zero-order valence-corrected chi connectivity index (χ0v) is 13.2. The van der Waals surface area contributed by atoms with Gasteiger partial charge in [0.2, 0.25) is 5.95 Å². The lowest BCUT2D eigenvalue weighted by Crippen LogP contribution is -2.17. The number of aromatic nitrogens is 2. The largest absolute Gasteiger partial charge is 0.354 e. The molecule has 7 heteroatoms. The van der Waals surface area contributed by atoms with Crippen molar-refractivity contribution in [2.75, 3.05) is 37.8 Å². The molecule has 1 aromatic heterocycles. The number of halogens is 1. The summed E-state index contributed by atoms with van der Waals surface area (Å²) in [6, 6.07) is 5.56. The first kappa shape index (κ1) is 16.8. The smallest absolute Gasteiger partial charge is 0.258 e. The molecule has 0 bridgehead atoms. The van der Waals surface area contributed by atoms with Crippen LogP contribution in [0.2, 0.25) is 0 Å². The van der Waals surface area contributed by atoms with E-state index >= 15 is 0 Å². The number of nitrogens with zero attached hydrogens (tertiary/aromatic N) is 3. The lowest BCUT2D eigenvalue weighted by Gasteiger charge is -2.10. The van der Waals surface area contributed by atoms with Gasteiger partial charge in [-0.2, -0.15) is 0 Å². The molecule has 0 unspecified atom stereocenters. The lowest BCUT2D eigenvalue weighted by atomic mass is 10.2. The lowest BCUT2D eigenvalue weighted by molar-refractivity contribution is 0.102. The van der Waals surface area contributed by atoms with E-state index in [0.29, 0.717) is 17.2 Å². The van der Waals surface area contributed by atoms with Gasteiger partial charge in [0.05, 0.1) is 5.56 Å². The molecule has 0 spiro atoms. The molecule has 0 fully saturated rings. The summed E-state index contributed by atoms with van der Waals surface area (Å²) >= 11 is 0. The van der Waals surface area contributed by atoms with E-state index in [0.717, 1.165) is 19.5 Å². The first-order valence-corrected chi connectivity index (χ1v) is 7.32. The maximum atomic E-state index is 12.8. The zero-order chi connectivity index (χ0) is 16.7. The van der Waals surface area contributed by atoms with Crippen LogP contribution in [-0.2, 0) is 0 Å². The number of carbonyl (C=O) groups is 1. The quantitative estimate of drug-likeness (QED) is 0.766. The van der Waals surface area contributed by atoms with E-state index in [1.165, 1.54) is 36.7 Å². The average molecular weight is 317 g/mol. The van der Waals surface area contributed by atoms with Crippen molar-refractivity contribution in [2.24, 2.45) is 0 Å². The van der Waals surface area contributed by atoms with Crippen LogP contribution in [-0.4, -0.2) is 48.0 Å². The number of carbonyl (C=O) groups excluding carboxylic acids is 1. The van der Waals surface area contributed by atoms with Crippen LogP contribution in [0.15, 0.2) is 36.7 Å².